The van der Waals surface area contributed by atoms with Crippen molar-refractivity contribution in [1.82, 2.24) is 10.6 Å². The third-order valence-corrected chi connectivity index (χ3v) is 6.50. The van der Waals surface area contributed by atoms with E-state index in [1.54, 1.807) is 7.11 Å². The summed E-state index contributed by atoms with van der Waals surface area (Å²) in [5, 5.41) is 6.04. The molecule has 5 heteroatoms. The van der Waals surface area contributed by atoms with E-state index in [1.165, 1.54) is 38.5 Å². The lowest BCUT2D eigenvalue weighted by molar-refractivity contribution is -0.0498. The molecular formula is C21H30N2O3. The normalized spacial score (nSPS) is 31.5. The lowest BCUT2D eigenvalue weighted by atomic mass is 9.49. The van der Waals surface area contributed by atoms with E-state index in [2.05, 4.69) is 10.6 Å². The zero-order valence-corrected chi connectivity index (χ0v) is 15.6. The van der Waals surface area contributed by atoms with Crippen molar-refractivity contribution in [2.24, 2.45) is 23.2 Å². The van der Waals surface area contributed by atoms with E-state index < -0.39 is 0 Å². The van der Waals surface area contributed by atoms with Crippen LogP contribution in [0.4, 0.5) is 4.79 Å². The lowest BCUT2D eigenvalue weighted by Crippen LogP contribution is -2.52. The quantitative estimate of drug-likeness (QED) is 0.732. The fraction of sp³-hybridized carbons (Fsp3) is 0.667. The van der Waals surface area contributed by atoms with Gasteiger partial charge < -0.3 is 20.1 Å². The van der Waals surface area contributed by atoms with E-state index >= 15 is 0 Å². The van der Waals surface area contributed by atoms with Crippen LogP contribution in [0, 0.1) is 23.2 Å². The van der Waals surface area contributed by atoms with E-state index in [-0.39, 0.29) is 6.03 Å². The van der Waals surface area contributed by atoms with Gasteiger partial charge in [-0.3, -0.25) is 0 Å². The second-order valence-electron chi connectivity index (χ2n) is 8.55. The Balaban J connectivity index is 1.15. The average molecular weight is 358 g/mol. The number of carbonyl (C=O) groups is 1. The SMILES string of the molecule is COc1ccc(OCCNC(=O)NCC23CC4CC(CC(C4)C2)C3)cc1. The molecule has 4 aliphatic rings. The molecule has 0 unspecified atom stereocenters. The van der Waals surface area contributed by atoms with Gasteiger partial charge in [0.05, 0.1) is 13.7 Å². The first kappa shape index (κ1) is 17.5. The van der Waals surface area contributed by atoms with Gasteiger partial charge in [-0.1, -0.05) is 0 Å². The number of hydrogen-bond acceptors (Lipinski definition) is 3. The molecule has 4 fully saturated rings. The number of hydrogen-bond donors (Lipinski definition) is 2. The van der Waals surface area contributed by atoms with Crippen LogP contribution in [-0.4, -0.2) is 32.8 Å². The first-order valence-electron chi connectivity index (χ1n) is 9.93. The highest BCUT2D eigenvalue weighted by Crippen LogP contribution is 2.59. The molecule has 142 valence electrons. The van der Waals surface area contributed by atoms with Crippen molar-refractivity contribution in [3.05, 3.63) is 24.3 Å². The monoisotopic (exact) mass is 358 g/mol. The molecule has 0 saturated heterocycles. The molecule has 0 radical (unpaired) electrons. The van der Waals surface area contributed by atoms with Gasteiger partial charge >= 0.3 is 6.03 Å². The van der Waals surface area contributed by atoms with Crippen LogP contribution in [0.1, 0.15) is 38.5 Å². The molecule has 0 spiro atoms. The summed E-state index contributed by atoms with van der Waals surface area (Å²) < 4.78 is 10.8. The highest BCUT2D eigenvalue weighted by Gasteiger charge is 2.50. The number of methoxy groups -OCH3 is 1. The van der Waals surface area contributed by atoms with Crippen LogP contribution in [0.3, 0.4) is 0 Å². The van der Waals surface area contributed by atoms with E-state index in [1.807, 2.05) is 24.3 Å². The van der Waals surface area contributed by atoms with E-state index in [0.717, 1.165) is 35.8 Å². The van der Waals surface area contributed by atoms with Gasteiger partial charge in [0.2, 0.25) is 0 Å². The summed E-state index contributed by atoms with van der Waals surface area (Å²) in [5.74, 6) is 4.35. The molecular weight excluding hydrogens is 328 g/mol. The molecule has 1 aromatic rings. The Morgan fingerprint density at radius 3 is 2.15 bits per heavy atom. The Morgan fingerprint density at radius 1 is 1.00 bits per heavy atom. The van der Waals surface area contributed by atoms with Crippen molar-refractivity contribution in [3.63, 3.8) is 0 Å². The van der Waals surface area contributed by atoms with E-state index in [0.29, 0.717) is 18.6 Å². The highest BCUT2D eigenvalue weighted by molar-refractivity contribution is 5.73. The van der Waals surface area contributed by atoms with Gasteiger partial charge in [-0.15, -0.1) is 0 Å². The Kier molecular flexibility index (Phi) is 4.96. The van der Waals surface area contributed by atoms with Gasteiger partial charge in [-0.2, -0.15) is 0 Å². The van der Waals surface area contributed by atoms with Crippen LogP contribution in [0.2, 0.25) is 0 Å². The van der Waals surface area contributed by atoms with Gasteiger partial charge in [0.25, 0.3) is 0 Å². The molecule has 0 atom stereocenters. The summed E-state index contributed by atoms with van der Waals surface area (Å²) in [5.41, 5.74) is 0.381. The molecule has 0 aromatic heterocycles. The van der Waals surface area contributed by atoms with E-state index in [9.17, 15) is 4.79 Å². The van der Waals surface area contributed by atoms with Crippen molar-refractivity contribution in [2.75, 3.05) is 26.8 Å². The summed E-state index contributed by atoms with van der Waals surface area (Å²) in [6.45, 7) is 1.79. The Hall–Kier alpha value is -1.91. The minimum Gasteiger partial charge on any atom is -0.497 e. The first-order chi connectivity index (χ1) is 12.6. The lowest BCUT2D eigenvalue weighted by Gasteiger charge is -2.56. The number of benzene rings is 1. The molecule has 0 heterocycles. The predicted octanol–water partition coefficient (Wildman–Crippen LogP) is 3.59. The standard InChI is InChI=1S/C21H30N2O3/c1-25-18-2-4-19(5-3-18)26-7-6-22-20(24)23-14-21-11-15-8-16(12-21)10-17(9-15)13-21/h2-5,15-17H,6-14H2,1H3,(H2,22,23,24). The number of carbonyl (C=O) groups excluding carboxylic acids is 1. The smallest absolute Gasteiger partial charge is 0.314 e. The third kappa shape index (κ3) is 3.92. The summed E-state index contributed by atoms with van der Waals surface area (Å²) in [4.78, 5) is 12.1. The topological polar surface area (TPSA) is 59.6 Å². The number of ether oxygens (including phenoxy) is 2. The summed E-state index contributed by atoms with van der Waals surface area (Å²) in [6.07, 6.45) is 8.27. The molecule has 4 aliphatic carbocycles. The largest absolute Gasteiger partial charge is 0.497 e. The Bertz CT molecular complexity index is 593. The van der Waals surface area contributed by atoms with Gasteiger partial charge in [0.15, 0.2) is 0 Å². The molecule has 5 rings (SSSR count). The third-order valence-electron chi connectivity index (χ3n) is 6.50. The highest BCUT2D eigenvalue weighted by atomic mass is 16.5. The number of urea groups is 1. The van der Waals surface area contributed by atoms with Crippen LogP contribution in [0.25, 0.3) is 0 Å². The summed E-state index contributed by atoms with van der Waals surface area (Å²) >= 11 is 0. The van der Waals surface area contributed by atoms with Crippen molar-refractivity contribution in [1.29, 1.82) is 0 Å². The van der Waals surface area contributed by atoms with Gasteiger partial charge in [-0.05, 0) is 86.0 Å². The van der Waals surface area contributed by atoms with Crippen LogP contribution >= 0.6 is 0 Å². The zero-order chi connectivity index (χ0) is 18.0. The van der Waals surface area contributed by atoms with Gasteiger partial charge in [0, 0.05) is 6.54 Å². The molecule has 0 aliphatic heterocycles. The number of nitrogens with one attached hydrogen (secondary N) is 2. The van der Waals surface area contributed by atoms with Crippen LogP contribution < -0.4 is 20.1 Å². The second-order valence-corrected chi connectivity index (χ2v) is 8.55. The number of amides is 2. The van der Waals surface area contributed by atoms with E-state index in [4.69, 9.17) is 9.47 Å². The van der Waals surface area contributed by atoms with Crippen LogP contribution in [0.5, 0.6) is 11.5 Å². The van der Waals surface area contributed by atoms with Crippen molar-refractivity contribution in [3.8, 4) is 11.5 Å². The first-order valence-corrected chi connectivity index (χ1v) is 9.93. The van der Waals surface area contributed by atoms with Crippen molar-refractivity contribution >= 4 is 6.03 Å². The minimum absolute atomic E-state index is 0.0703. The molecule has 26 heavy (non-hydrogen) atoms. The molecule has 2 amide bonds. The van der Waals surface area contributed by atoms with Crippen LogP contribution in [-0.2, 0) is 0 Å². The second kappa shape index (κ2) is 7.37. The molecule has 4 bridgehead atoms. The summed E-state index contributed by atoms with van der Waals surface area (Å²) in [6, 6.07) is 7.39. The summed E-state index contributed by atoms with van der Waals surface area (Å²) in [7, 11) is 1.64. The van der Waals surface area contributed by atoms with Crippen molar-refractivity contribution in [2.45, 2.75) is 38.5 Å². The van der Waals surface area contributed by atoms with Crippen LogP contribution in [0.15, 0.2) is 24.3 Å². The molecule has 1 aromatic carbocycles. The number of rotatable bonds is 7. The minimum atomic E-state index is -0.0703. The fourth-order valence-corrected chi connectivity index (χ4v) is 5.84. The van der Waals surface area contributed by atoms with Gasteiger partial charge in [-0.25, -0.2) is 4.79 Å². The Morgan fingerprint density at radius 2 is 1.58 bits per heavy atom. The fourth-order valence-electron chi connectivity index (χ4n) is 5.84. The maximum Gasteiger partial charge on any atom is 0.314 e. The maximum absolute atomic E-state index is 12.1. The Labute approximate surface area is 155 Å². The average Bonchev–Trinajstić information content (AvgIpc) is 2.63. The maximum atomic E-state index is 12.1. The molecule has 5 nitrogen and oxygen atoms in total. The predicted molar refractivity (Wildman–Crippen MR) is 100 cm³/mol. The zero-order valence-electron chi connectivity index (χ0n) is 15.6. The molecule has 4 saturated carbocycles. The van der Waals surface area contributed by atoms with Crippen molar-refractivity contribution < 1.29 is 14.3 Å². The van der Waals surface area contributed by atoms with Gasteiger partial charge in [0.1, 0.15) is 18.1 Å². The molecule has 2 N–H and O–H groups in total.